The largest absolute Gasteiger partial charge is 0.481 e. The summed E-state index contributed by atoms with van der Waals surface area (Å²) in [5.74, 6) is -0.431. The molecule has 0 radical (unpaired) electrons. The summed E-state index contributed by atoms with van der Waals surface area (Å²) >= 11 is 1.58. The second kappa shape index (κ2) is 8.50. The molecule has 1 aliphatic rings. The van der Waals surface area contributed by atoms with Crippen LogP contribution >= 0.6 is 11.8 Å². The van der Waals surface area contributed by atoms with Crippen molar-refractivity contribution in [2.24, 2.45) is 17.8 Å². The molecule has 134 valence electrons. The van der Waals surface area contributed by atoms with Crippen LogP contribution in [-0.4, -0.2) is 44.5 Å². The average Bonchev–Trinajstić information content (AvgIpc) is 2.83. The minimum Gasteiger partial charge on any atom is -0.481 e. The van der Waals surface area contributed by atoms with Gasteiger partial charge in [0.15, 0.2) is 5.16 Å². The number of hydrogen-bond acceptors (Lipinski definition) is 5. The van der Waals surface area contributed by atoms with Gasteiger partial charge < -0.3 is 15.0 Å². The Morgan fingerprint density at radius 3 is 2.58 bits per heavy atom. The van der Waals surface area contributed by atoms with Crippen molar-refractivity contribution in [1.29, 1.82) is 0 Å². The number of carboxylic acid groups (broad SMARTS) is 1. The molecular formula is C16H26N4O3S. The van der Waals surface area contributed by atoms with E-state index in [2.05, 4.69) is 33.9 Å². The van der Waals surface area contributed by atoms with E-state index in [0.29, 0.717) is 25.3 Å². The van der Waals surface area contributed by atoms with Crippen molar-refractivity contribution in [3.05, 3.63) is 5.82 Å². The van der Waals surface area contributed by atoms with Gasteiger partial charge in [-0.05, 0) is 31.4 Å². The number of nitrogens with one attached hydrogen (secondary N) is 1. The van der Waals surface area contributed by atoms with Gasteiger partial charge in [-0.1, -0.05) is 25.6 Å². The van der Waals surface area contributed by atoms with E-state index in [0.717, 1.165) is 30.4 Å². The van der Waals surface area contributed by atoms with E-state index in [1.165, 1.54) is 0 Å². The van der Waals surface area contributed by atoms with Gasteiger partial charge in [-0.2, -0.15) is 0 Å². The fourth-order valence-electron chi connectivity index (χ4n) is 2.90. The molecule has 2 rings (SSSR count). The van der Waals surface area contributed by atoms with Crippen LogP contribution in [0.1, 0.15) is 38.9 Å². The van der Waals surface area contributed by atoms with Crippen LogP contribution in [0.15, 0.2) is 5.16 Å². The number of carbonyl (C=O) groups is 2. The van der Waals surface area contributed by atoms with E-state index in [1.807, 2.05) is 6.26 Å². The molecule has 2 N–H and O–H groups in total. The highest BCUT2D eigenvalue weighted by Crippen LogP contribution is 2.34. The van der Waals surface area contributed by atoms with E-state index in [9.17, 15) is 9.59 Å². The first-order valence-corrected chi connectivity index (χ1v) is 9.63. The lowest BCUT2D eigenvalue weighted by atomic mass is 9.73. The van der Waals surface area contributed by atoms with Crippen LogP contribution < -0.4 is 5.32 Å². The summed E-state index contributed by atoms with van der Waals surface area (Å²) in [6.07, 6.45) is 4.77. The second-order valence-corrected chi connectivity index (χ2v) is 7.40. The third kappa shape index (κ3) is 4.49. The van der Waals surface area contributed by atoms with Crippen LogP contribution in [0.5, 0.6) is 0 Å². The van der Waals surface area contributed by atoms with Crippen molar-refractivity contribution in [2.75, 3.05) is 12.8 Å². The molecule has 2 atom stereocenters. The molecule has 0 bridgehead atoms. The maximum Gasteiger partial charge on any atom is 0.307 e. The van der Waals surface area contributed by atoms with Gasteiger partial charge in [-0.3, -0.25) is 9.59 Å². The van der Waals surface area contributed by atoms with Crippen molar-refractivity contribution in [1.82, 2.24) is 20.1 Å². The summed E-state index contributed by atoms with van der Waals surface area (Å²) in [6, 6.07) is 0. The Labute approximate surface area is 146 Å². The predicted octanol–water partition coefficient (Wildman–Crippen LogP) is 1.82. The molecule has 1 aliphatic carbocycles. The fourth-order valence-corrected chi connectivity index (χ4v) is 3.42. The van der Waals surface area contributed by atoms with E-state index in [-0.39, 0.29) is 11.8 Å². The number of nitrogens with zero attached hydrogens (tertiary/aromatic N) is 3. The zero-order valence-electron chi connectivity index (χ0n) is 14.5. The summed E-state index contributed by atoms with van der Waals surface area (Å²) in [7, 11) is 0. The number of carbonyl (C=O) groups excluding carboxylic acids is 1. The van der Waals surface area contributed by atoms with Crippen LogP contribution in [0.4, 0.5) is 0 Å². The van der Waals surface area contributed by atoms with Crippen LogP contribution in [0, 0.1) is 17.8 Å². The molecule has 1 aromatic rings. The molecule has 2 unspecified atom stereocenters. The van der Waals surface area contributed by atoms with Gasteiger partial charge in [-0.15, -0.1) is 10.2 Å². The lowest BCUT2D eigenvalue weighted by Crippen LogP contribution is -2.44. The molecule has 7 nitrogen and oxygen atoms in total. The lowest BCUT2D eigenvalue weighted by Gasteiger charge is -2.31. The lowest BCUT2D eigenvalue weighted by molar-refractivity contribution is -0.152. The fraction of sp³-hybridized carbons (Fsp3) is 0.750. The Balaban J connectivity index is 1.79. The van der Waals surface area contributed by atoms with Gasteiger partial charge in [0.1, 0.15) is 5.82 Å². The van der Waals surface area contributed by atoms with Gasteiger partial charge in [0.25, 0.3) is 0 Å². The minimum absolute atomic E-state index is 0.137. The van der Waals surface area contributed by atoms with E-state index in [4.69, 9.17) is 5.11 Å². The van der Waals surface area contributed by atoms with Crippen molar-refractivity contribution >= 4 is 23.6 Å². The van der Waals surface area contributed by atoms with Crippen LogP contribution in [0.25, 0.3) is 0 Å². The first kappa shape index (κ1) is 18.8. The molecule has 1 saturated carbocycles. The molecule has 0 aliphatic heterocycles. The number of amides is 1. The minimum atomic E-state index is -0.868. The van der Waals surface area contributed by atoms with Gasteiger partial charge in [-0.25, -0.2) is 0 Å². The highest BCUT2D eigenvalue weighted by Gasteiger charge is 2.41. The number of carboxylic acids is 1. The first-order chi connectivity index (χ1) is 11.4. The van der Waals surface area contributed by atoms with E-state index in [1.54, 1.807) is 11.8 Å². The standard InChI is InChI=1S/C16H26N4O3S/c1-10(2)9-20-13(18-19-16(20)24-3)5-4-8-17-14(21)11-6-7-12(11)15(22)23/h10-12H,4-9H2,1-3H3,(H,17,21)(H,22,23). The molecule has 0 saturated heterocycles. The van der Waals surface area contributed by atoms with Crippen LogP contribution in [0.3, 0.4) is 0 Å². The van der Waals surface area contributed by atoms with Gasteiger partial charge >= 0.3 is 5.97 Å². The molecule has 0 aromatic carbocycles. The maximum absolute atomic E-state index is 12.0. The van der Waals surface area contributed by atoms with Crippen molar-refractivity contribution in [3.8, 4) is 0 Å². The highest BCUT2D eigenvalue weighted by atomic mass is 32.2. The molecule has 1 amide bonds. The number of hydrogen-bond donors (Lipinski definition) is 2. The van der Waals surface area contributed by atoms with Gasteiger partial charge in [0.2, 0.25) is 5.91 Å². The number of aromatic nitrogens is 3. The van der Waals surface area contributed by atoms with Crippen molar-refractivity contribution in [2.45, 2.75) is 51.2 Å². The Morgan fingerprint density at radius 1 is 1.33 bits per heavy atom. The van der Waals surface area contributed by atoms with E-state index >= 15 is 0 Å². The Kier molecular flexibility index (Phi) is 6.65. The Bertz CT molecular complexity index is 588. The third-order valence-corrected chi connectivity index (χ3v) is 5.00. The molecule has 1 aromatic heterocycles. The van der Waals surface area contributed by atoms with Crippen molar-refractivity contribution < 1.29 is 14.7 Å². The summed E-state index contributed by atoms with van der Waals surface area (Å²) in [5.41, 5.74) is 0. The first-order valence-electron chi connectivity index (χ1n) is 8.40. The molecule has 1 fully saturated rings. The molecule has 1 heterocycles. The zero-order valence-corrected chi connectivity index (χ0v) is 15.3. The van der Waals surface area contributed by atoms with Crippen molar-refractivity contribution in [3.63, 3.8) is 0 Å². The maximum atomic E-state index is 12.0. The molecule has 24 heavy (non-hydrogen) atoms. The average molecular weight is 354 g/mol. The quantitative estimate of drug-likeness (QED) is 0.518. The van der Waals surface area contributed by atoms with Crippen LogP contribution in [0.2, 0.25) is 0 Å². The van der Waals surface area contributed by atoms with Gasteiger partial charge in [0.05, 0.1) is 11.8 Å². The van der Waals surface area contributed by atoms with E-state index < -0.39 is 11.9 Å². The van der Waals surface area contributed by atoms with Crippen LogP contribution in [-0.2, 0) is 22.6 Å². The SMILES string of the molecule is CSc1nnc(CCCNC(=O)C2CCC2C(=O)O)n1CC(C)C. The molecule has 8 heteroatoms. The second-order valence-electron chi connectivity index (χ2n) is 6.63. The zero-order chi connectivity index (χ0) is 17.7. The monoisotopic (exact) mass is 354 g/mol. The number of aryl methyl sites for hydroxylation is 1. The topological polar surface area (TPSA) is 97.1 Å². The number of thioether (sulfide) groups is 1. The third-order valence-electron chi connectivity index (χ3n) is 4.33. The normalized spacial score (nSPS) is 20.0. The summed E-state index contributed by atoms with van der Waals surface area (Å²) < 4.78 is 2.14. The highest BCUT2D eigenvalue weighted by molar-refractivity contribution is 7.98. The number of rotatable bonds is 9. The summed E-state index contributed by atoms with van der Waals surface area (Å²) in [5, 5.41) is 21.2. The molecule has 0 spiro atoms. The molecular weight excluding hydrogens is 328 g/mol. The Morgan fingerprint density at radius 2 is 2.04 bits per heavy atom. The Hall–Kier alpha value is -1.57. The summed E-state index contributed by atoms with van der Waals surface area (Å²) in [6.45, 7) is 5.73. The predicted molar refractivity (Wildman–Crippen MR) is 91.8 cm³/mol. The smallest absolute Gasteiger partial charge is 0.307 e. The number of aliphatic carboxylic acids is 1. The summed E-state index contributed by atoms with van der Waals surface area (Å²) in [4.78, 5) is 23.0. The van der Waals surface area contributed by atoms with Gasteiger partial charge in [0, 0.05) is 19.5 Å².